The van der Waals surface area contributed by atoms with Crippen molar-refractivity contribution in [2.45, 2.75) is 39.0 Å². The second-order valence-electron chi connectivity index (χ2n) is 5.72. The quantitative estimate of drug-likeness (QED) is 0.631. The molecule has 20 heavy (non-hydrogen) atoms. The summed E-state index contributed by atoms with van der Waals surface area (Å²) in [7, 11) is 0. The predicted octanol–water partition coefficient (Wildman–Crippen LogP) is 1.66. The third-order valence-electron chi connectivity index (χ3n) is 3.41. The van der Waals surface area contributed by atoms with Crippen LogP contribution >= 0.6 is 0 Å². The van der Waals surface area contributed by atoms with Crippen LogP contribution in [-0.2, 0) is 4.74 Å². The maximum absolute atomic E-state index is 11.9. The van der Waals surface area contributed by atoms with Crippen LogP contribution in [0.1, 0.15) is 55.2 Å². The molecule has 0 aromatic carbocycles. The summed E-state index contributed by atoms with van der Waals surface area (Å²) >= 11 is 0. The molecule has 2 rings (SSSR count). The molecule has 1 aliphatic carbocycles. The summed E-state index contributed by atoms with van der Waals surface area (Å²) in [5, 5.41) is 9.66. The molecule has 0 saturated heterocycles. The number of nitrogens with two attached hydrogens (primary N) is 1. The smallest absolute Gasteiger partial charge is 0.274 e. The maximum Gasteiger partial charge on any atom is 0.274 e. The first-order chi connectivity index (χ1) is 9.59. The second kappa shape index (κ2) is 6.74. The fraction of sp³-hybridized carbons (Fsp3) is 0.714. The molecule has 0 unspecified atom stereocenters. The third kappa shape index (κ3) is 3.96. The molecule has 6 heteroatoms. The molecule has 6 nitrogen and oxygen atoms in total. The van der Waals surface area contributed by atoms with Crippen LogP contribution in [0.4, 0.5) is 5.69 Å². The number of carbonyl (C=O) groups is 1. The number of rotatable bonds is 8. The van der Waals surface area contributed by atoms with E-state index in [1.807, 2.05) is 0 Å². The van der Waals surface area contributed by atoms with E-state index in [0.29, 0.717) is 36.4 Å². The highest BCUT2D eigenvalue weighted by Crippen LogP contribution is 2.42. The summed E-state index contributed by atoms with van der Waals surface area (Å²) < 4.78 is 5.44. The van der Waals surface area contributed by atoms with E-state index in [1.54, 1.807) is 0 Å². The molecule has 1 saturated carbocycles. The van der Waals surface area contributed by atoms with Gasteiger partial charge in [0.05, 0.1) is 18.0 Å². The van der Waals surface area contributed by atoms with Gasteiger partial charge in [0, 0.05) is 19.1 Å². The largest absolute Gasteiger partial charge is 0.395 e. The molecule has 1 amide bonds. The fourth-order valence-corrected chi connectivity index (χ4v) is 1.96. The molecule has 1 heterocycles. The molecular weight excluding hydrogens is 256 g/mol. The Morgan fingerprint density at radius 2 is 2.25 bits per heavy atom. The van der Waals surface area contributed by atoms with E-state index in [9.17, 15) is 4.79 Å². The fourth-order valence-electron chi connectivity index (χ4n) is 1.96. The Labute approximate surface area is 119 Å². The van der Waals surface area contributed by atoms with Gasteiger partial charge in [0.1, 0.15) is 0 Å². The Balaban J connectivity index is 1.69. The van der Waals surface area contributed by atoms with Crippen molar-refractivity contribution in [3.05, 3.63) is 11.4 Å². The van der Waals surface area contributed by atoms with Gasteiger partial charge in [0.25, 0.3) is 5.91 Å². The molecule has 0 atom stereocenters. The van der Waals surface area contributed by atoms with Gasteiger partial charge in [0.2, 0.25) is 0 Å². The molecule has 1 aliphatic rings. The van der Waals surface area contributed by atoms with E-state index in [2.05, 4.69) is 29.4 Å². The van der Waals surface area contributed by atoms with Crippen LogP contribution in [0.3, 0.4) is 0 Å². The van der Waals surface area contributed by atoms with E-state index in [-0.39, 0.29) is 5.91 Å². The zero-order chi connectivity index (χ0) is 14.5. The van der Waals surface area contributed by atoms with Crippen molar-refractivity contribution in [3.63, 3.8) is 0 Å². The minimum Gasteiger partial charge on any atom is -0.395 e. The summed E-state index contributed by atoms with van der Waals surface area (Å²) in [6, 6.07) is 0. The molecule has 4 N–H and O–H groups in total. The third-order valence-corrected chi connectivity index (χ3v) is 3.41. The first-order valence-electron chi connectivity index (χ1n) is 7.29. The van der Waals surface area contributed by atoms with Crippen LogP contribution in [-0.4, -0.2) is 35.9 Å². The molecule has 1 aromatic heterocycles. The number of amides is 1. The number of aromatic amines is 1. The van der Waals surface area contributed by atoms with Crippen molar-refractivity contribution in [1.29, 1.82) is 0 Å². The Kier molecular flexibility index (Phi) is 5.00. The summed E-state index contributed by atoms with van der Waals surface area (Å²) in [6.07, 6.45) is 3.28. The van der Waals surface area contributed by atoms with Gasteiger partial charge in [-0.2, -0.15) is 5.10 Å². The standard InChI is InChI=1S/C14H24N4O2/c1-9(2)5-7-20-8-6-16-14(19)13-11(15)12(17-18-13)10-3-4-10/h9-10H,3-8,15H2,1-2H3,(H,16,19)(H,17,18). The first kappa shape index (κ1) is 14.8. The van der Waals surface area contributed by atoms with E-state index in [4.69, 9.17) is 10.5 Å². The SMILES string of the molecule is CC(C)CCOCCNC(=O)c1n[nH]c(C2CC2)c1N. The van der Waals surface area contributed by atoms with Crippen LogP contribution in [0.5, 0.6) is 0 Å². The van der Waals surface area contributed by atoms with Crippen molar-refractivity contribution in [2.75, 3.05) is 25.5 Å². The lowest BCUT2D eigenvalue weighted by molar-refractivity contribution is 0.0902. The summed E-state index contributed by atoms with van der Waals surface area (Å²) in [6.45, 7) is 6.02. The number of aromatic nitrogens is 2. The van der Waals surface area contributed by atoms with Gasteiger partial charge >= 0.3 is 0 Å². The van der Waals surface area contributed by atoms with E-state index in [0.717, 1.165) is 31.6 Å². The zero-order valence-corrected chi connectivity index (χ0v) is 12.2. The molecule has 0 bridgehead atoms. The van der Waals surface area contributed by atoms with Gasteiger partial charge < -0.3 is 15.8 Å². The van der Waals surface area contributed by atoms with Crippen LogP contribution in [0.15, 0.2) is 0 Å². The minimum absolute atomic E-state index is 0.238. The van der Waals surface area contributed by atoms with Crippen molar-refractivity contribution >= 4 is 11.6 Å². The number of H-pyrrole nitrogens is 1. The number of anilines is 1. The van der Waals surface area contributed by atoms with E-state index >= 15 is 0 Å². The van der Waals surface area contributed by atoms with Gasteiger partial charge in [-0.05, 0) is 25.2 Å². The highest BCUT2D eigenvalue weighted by atomic mass is 16.5. The van der Waals surface area contributed by atoms with Crippen molar-refractivity contribution in [2.24, 2.45) is 5.92 Å². The molecular formula is C14H24N4O2. The van der Waals surface area contributed by atoms with Gasteiger partial charge in [0.15, 0.2) is 5.69 Å². The zero-order valence-electron chi connectivity index (χ0n) is 12.2. The summed E-state index contributed by atoms with van der Waals surface area (Å²) in [5.74, 6) is 0.857. The lowest BCUT2D eigenvalue weighted by Gasteiger charge is -2.07. The number of hydrogen-bond acceptors (Lipinski definition) is 4. The molecule has 1 aromatic rings. The Morgan fingerprint density at radius 3 is 2.90 bits per heavy atom. The summed E-state index contributed by atoms with van der Waals surface area (Å²) in [5.41, 5.74) is 7.64. The van der Waals surface area contributed by atoms with E-state index in [1.165, 1.54) is 0 Å². The second-order valence-corrected chi connectivity index (χ2v) is 5.72. The normalized spacial score (nSPS) is 14.8. The number of ether oxygens (including phenoxy) is 1. The number of nitrogens with one attached hydrogen (secondary N) is 2. The van der Waals surface area contributed by atoms with Crippen LogP contribution in [0.2, 0.25) is 0 Å². The number of carbonyl (C=O) groups excluding carboxylic acids is 1. The average Bonchev–Trinajstić information content (AvgIpc) is 3.16. The molecule has 112 valence electrons. The monoisotopic (exact) mass is 280 g/mol. The van der Waals surface area contributed by atoms with Gasteiger partial charge in [-0.1, -0.05) is 13.8 Å². The first-order valence-corrected chi connectivity index (χ1v) is 7.29. The molecule has 0 radical (unpaired) electrons. The maximum atomic E-state index is 11.9. The lowest BCUT2D eigenvalue weighted by atomic mass is 10.1. The van der Waals surface area contributed by atoms with Crippen LogP contribution in [0, 0.1) is 5.92 Å². The highest BCUT2D eigenvalue weighted by molar-refractivity contribution is 5.97. The predicted molar refractivity (Wildman–Crippen MR) is 77.6 cm³/mol. The molecule has 1 fully saturated rings. The minimum atomic E-state index is -0.238. The summed E-state index contributed by atoms with van der Waals surface area (Å²) in [4.78, 5) is 11.9. The number of nitrogen functional groups attached to an aromatic ring is 1. The van der Waals surface area contributed by atoms with Crippen LogP contribution in [0.25, 0.3) is 0 Å². The Morgan fingerprint density at radius 1 is 1.50 bits per heavy atom. The van der Waals surface area contributed by atoms with E-state index < -0.39 is 0 Å². The topological polar surface area (TPSA) is 93.0 Å². The molecule has 0 spiro atoms. The van der Waals surface area contributed by atoms with Crippen molar-refractivity contribution < 1.29 is 9.53 Å². The molecule has 0 aliphatic heterocycles. The van der Waals surface area contributed by atoms with Gasteiger partial charge in [-0.15, -0.1) is 0 Å². The highest BCUT2D eigenvalue weighted by Gasteiger charge is 2.30. The van der Waals surface area contributed by atoms with Crippen LogP contribution < -0.4 is 11.1 Å². The van der Waals surface area contributed by atoms with Gasteiger partial charge in [-0.25, -0.2) is 0 Å². The Hall–Kier alpha value is -1.56. The average molecular weight is 280 g/mol. The van der Waals surface area contributed by atoms with Crippen molar-refractivity contribution in [3.8, 4) is 0 Å². The lowest BCUT2D eigenvalue weighted by Crippen LogP contribution is -2.28. The number of nitrogens with zero attached hydrogens (tertiary/aromatic N) is 1. The Bertz CT molecular complexity index is 452. The van der Waals surface area contributed by atoms with Gasteiger partial charge in [-0.3, -0.25) is 9.89 Å². The number of hydrogen-bond donors (Lipinski definition) is 3. The van der Waals surface area contributed by atoms with Crippen molar-refractivity contribution in [1.82, 2.24) is 15.5 Å².